The Balaban J connectivity index is 2.07. The van der Waals surface area contributed by atoms with Gasteiger partial charge in [-0.3, -0.25) is 0 Å². The molecule has 1 aromatic carbocycles. The highest BCUT2D eigenvalue weighted by atomic mass is 79.9. The molecule has 0 atom stereocenters. The summed E-state index contributed by atoms with van der Waals surface area (Å²) in [6.45, 7) is 5.43. The minimum atomic E-state index is -3.41. The standard InChI is InChI=1S/C14H21BrN2O2S/c1-10(2)16-8-12-5-6-14(13(15)7-12)20(18,19)17-9-11-3-4-11/h5-7,10-11,16-17H,3-4,8-9H2,1-2H3. The van der Waals surface area contributed by atoms with Crippen molar-refractivity contribution in [2.24, 2.45) is 5.92 Å². The number of halogens is 1. The van der Waals surface area contributed by atoms with Crippen LogP contribution >= 0.6 is 15.9 Å². The highest BCUT2D eigenvalue weighted by Crippen LogP contribution is 2.29. The molecule has 20 heavy (non-hydrogen) atoms. The van der Waals surface area contributed by atoms with Gasteiger partial charge in [0.2, 0.25) is 10.0 Å². The Hall–Kier alpha value is -0.430. The van der Waals surface area contributed by atoms with Gasteiger partial charge in [0.05, 0.1) is 4.90 Å². The zero-order valence-corrected chi connectivity index (χ0v) is 14.2. The topological polar surface area (TPSA) is 58.2 Å². The van der Waals surface area contributed by atoms with Crippen molar-refractivity contribution < 1.29 is 8.42 Å². The second-order valence-corrected chi connectivity index (χ2v) is 8.19. The van der Waals surface area contributed by atoms with Gasteiger partial charge >= 0.3 is 0 Å². The van der Waals surface area contributed by atoms with E-state index in [1.807, 2.05) is 12.1 Å². The highest BCUT2D eigenvalue weighted by Gasteiger charge is 2.25. The van der Waals surface area contributed by atoms with E-state index in [-0.39, 0.29) is 0 Å². The fourth-order valence-electron chi connectivity index (χ4n) is 1.82. The van der Waals surface area contributed by atoms with Gasteiger partial charge in [-0.2, -0.15) is 0 Å². The molecule has 1 saturated carbocycles. The third-order valence-corrected chi connectivity index (χ3v) is 5.66. The lowest BCUT2D eigenvalue weighted by atomic mass is 10.2. The number of benzene rings is 1. The van der Waals surface area contributed by atoms with Gasteiger partial charge < -0.3 is 5.32 Å². The fraction of sp³-hybridized carbons (Fsp3) is 0.571. The molecule has 1 aromatic rings. The second kappa shape index (κ2) is 6.56. The van der Waals surface area contributed by atoms with E-state index in [1.54, 1.807) is 6.07 Å². The van der Waals surface area contributed by atoms with Crippen LogP contribution in [-0.4, -0.2) is 21.0 Å². The fourth-order valence-corrected chi connectivity index (χ4v) is 4.06. The molecule has 1 fully saturated rings. The number of nitrogens with one attached hydrogen (secondary N) is 2. The van der Waals surface area contributed by atoms with Crippen LogP contribution in [0.5, 0.6) is 0 Å². The number of hydrogen-bond donors (Lipinski definition) is 2. The maximum atomic E-state index is 12.2. The van der Waals surface area contributed by atoms with Gasteiger partial charge in [-0.25, -0.2) is 13.1 Å². The van der Waals surface area contributed by atoms with Gasteiger partial charge in [-0.05, 0) is 52.4 Å². The minimum Gasteiger partial charge on any atom is -0.310 e. The minimum absolute atomic E-state index is 0.312. The van der Waals surface area contributed by atoms with Crippen LogP contribution in [0, 0.1) is 5.92 Å². The van der Waals surface area contributed by atoms with E-state index >= 15 is 0 Å². The number of rotatable bonds is 7. The van der Waals surface area contributed by atoms with E-state index in [9.17, 15) is 8.42 Å². The van der Waals surface area contributed by atoms with Gasteiger partial charge in [0.25, 0.3) is 0 Å². The molecule has 0 heterocycles. The Morgan fingerprint density at radius 2 is 2.05 bits per heavy atom. The molecule has 0 aliphatic heterocycles. The molecule has 0 aromatic heterocycles. The summed E-state index contributed by atoms with van der Waals surface area (Å²) in [5.41, 5.74) is 1.06. The third kappa shape index (κ3) is 4.55. The molecule has 0 radical (unpaired) electrons. The first-order valence-corrected chi connectivity index (χ1v) is 9.17. The van der Waals surface area contributed by atoms with Crippen molar-refractivity contribution in [1.82, 2.24) is 10.0 Å². The third-order valence-electron chi connectivity index (χ3n) is 3.26. The Morgan fingerprint density at radius 1 is 1.35 bits per heavy atom. The Labute approximate surface area is 129 Å². The van der Waals surface area contributed by atoms with Crippen LogP contribution in [0.15, 0.2) is 27.6 Å². The van der Waals surface area contributed by atoms with Crippen LogP contribution in [0.2, 0.25) is 0 Å². The number of sulfonamides is 1. The molecule has 4 nitrogen and oxygen atoms in total. The molecule has 1 aliphatic carbocycles. The van der Waals surface area contributed by atoms with Crippen molar-refractivity contribution in [2.45, 2.75) is 44.2 Å². The molecule has 2 N–H and O–H groups in total. The van der Waals surface area contributed by atoms with Gasteiger partial charge in [0, 0.05) is 23.6 Å². The molecule has 0 unspecified atom stereocenters. The zero-order valence-electron chi connectivity index (χ0n) is 11.8. The summed E-state index contributed by atoms with van der Waals surface area (Å²) in [4.78, 5) is 0.312. The molecule has 0 spiro atoms. The predicted octanol–water partition coefficient (Wildman–Crippen LogP) is 2.64. The first-order chi connectivity index (χ1) is 9.38. The summed E-state index contributed by atoms with van der Waals surface area (Å²) >= 11 is 3.37. The van der Waals surface area contributed by atoms with Crippen LogP contribution in [0.1, 0.15) is 32.3 Å². The van der Waals surface area contributed by atoms with Crippen LogP contribution in [0.25, 0.3) is 0 Å². The lowest BCUT2D eigenvalue weighted by Crippen LogP contribution is -2.26. The smallest absolute Gasteiger partial charge is 0.241 e. The van der Waals surface area contributed by atoms with Crippen molar-refractivity contribution in [1.29, 1.82) is 0 Å². The van der Waals surface area contributed by atoms with Gasteiger partial charge in [-0.15, -0.1) is 0 Å². The van der Waals surface area contributed by atoms with Crippen LogP contribution in [0.4, 0.5) is 0 Å². The van der Waals surface area contributed by atoms with Crippen LogP contribution in [-0.2, 0) is 16.6 Å². The monoisotopic (exact) mass is 360 g/mol. The van der Waals surface area contributed by atoms with Gasteiger partial charge in [0.15, 0.2) is 0 Å². The largest absolute Gasteiger partial charge is 0.310 e. The van der Waals surface area contributed by atoms with Crippen molar-refractivity contribution in [3.05, 3.63) is 28.2 Å². The molecule has 0 saturated heterocycles. The summed E-state index contributed by atoms with van der Waals surface area (Å²) in [5, 5.41) is 3.31. The highest BCUT2D eigenvalue weighted by molar-refractivity contribution is 9.10. The van der Waals surface area contributed by atoms with Crippen LogP contribution < -0.4 is 10.0 Å². The summed E-state index contributed by atoms with van der Waals surface area (Å²) in [6.07, 6.45) is 2.26. The average Bonchev–Trinajstić information content (AvgIpc) is 3.18. The quantitative estimate of drug-likeness (QED) is 0.785. The molecular formula is C14H21BrN2O2S. The number of hydrogen-bond acceptors (Lipinski definition) is 3. The summed E-state index contributed by atoms with van der Waals surface area (Å²) in [6, 6.07) is 5.78. The Morgan fingerprint density at radius 3 is 2.60 bits per heavy atom. The van der Waals surface area contributed by atoms with Crippen molar-refractivity contribution in [3.8, 4) is 0 Å². The molecule has 112 valence electrons. The summed E-state index contributed by atoms with van der Waals surface area (Å²) in [7, 11) is -3.41. The molecule has 1 aliphatic rings. The van der Waals surface area contributed by atoms with E-state index in [0.717, 1.165) is 24.9 Å². The lowest BCUT2D eigenvalue weighted by Gasteiger charge is -2.11. The molecule has 0 amide bonds. The molecular weight excluding hydrogens is 340 g/mol. The lowest BCUT2D eigenvalue weighted by molar-refractivity contribution is 0.576. The maximum Gasteiger partial charge on any atom is 0.241 e. The maximum absolute atomic E-state index is 12.2. The summed E-state index contributed by atoms with van der Waals surface area (Å²) in [5.74, 6) is 0.526. The van der Waals surface area contributed by atoms with E-state index < -0.39 is 10.0 Å². The molecule has 0 bridgehead atoms. The Bertz CT molecular complexity index is 569. The molecule has 2 rings (SSSR count). The molecule has 6 heteroatoms. The van der Waals surface area contributed by atoms with E-state index in [2.05, 4.69) is 39.8 Å². The van der Waals surface area contributed by atoms with E-state index in [4.69, 9.17) is 0 Å². The second-order valence-electron chi connectivity index (χ2n) is 5.60. The van der Waals surface area contributed by atoms with Gasteiger partial charge in [-0.1, -0.05) is 19.9 Å². The average molecular weight is 361 g/mol. The predicted molar refractivity (Wildman–Crippen MR) is 84.0 cm³/mol. The van der Waals surface area contributed by atoms with Crippen molar-refractivity contribution in [3.63, 3.8) is 0 Å². The first kappa shape index (κ1) is 15.9. The van der Waals surface area contributed by atoms with Crippen LogP contribution in [0.3, 0.4) is 0 Å². The normalized spacial score (nSPS) is 15.8. The zero-order chi connectivity index (χ0) is 14.8. The van der Waals surface area contributed by atoms with E-state index in [1.165, 1.54) is 0 Å². The summed E-state index contributed by atoms with van der Waals surface area (Å²) < 4.78 is 27.7. The Kier molecular flexibility index (Phi) is 5.23. The van der Waals surface area contributed by atoms with Crippen molar-refractivity contribution in [2.75, 3.05) is 6.54 Å². The first-order valence-electron chi connectivity index (χ1n) is 6.90. The van der Waals surface area contributed by atoms with Crippen molar-refractivity contribution >= 4 is 26.0 Å². The SMILES string of the molecule is CC(C)NCc1ccc(S(=O)(=O)NCC2CC2)c(Br)c1. The van der Waals surface area contributed by atoms with E-state index in [0.29, 0.717) is 27.9 Å². The van der Waals surface area contributed by atoms with Gasteiger partial charge in [0.1, 0.15) is 0 Å².